The molecule has 1 N–H and O–H groups in total. The topological polar surface area (TPSA) is 44.8 Å². The van der Waals surface area contributed by atoms with Crippen LogP contribution in [0.15, 0.2) is 0 Å². The highest BCUT2D eigenvalue weighted by Crippen LogP contribution is 2.25. The molecule has 1 aliphatic rings. The van der Waals surface area contributed by atoms with Gasteiger partial charge in [0.1, 0.15) is 5.82 Å². The zero-order chi connectivity index (χ0) is 10.8. The highest BCUT2D eigenvalue weighted by atomic mass is 15.2. The number of H-pyrrole nitrogens is 1. The van der Waals surface area contributed by atoms with E-state index in [1.165, 1.54) is 19.4 Å². The number of nitrogens with one attached hydrogen (secondary N) is 1. The molecule has 0 bridgehead atoms. The van der Waals surface area contributed by atoms with Gasteiger partial charge in [-0.2, -0.15) is 5.10 Å². The monoisotopic (exact) mass is 208 g/mol. The molecule has 2 heterocycles. The normalized spacial score (nSPS) is 23.6. The predicted molar refractivity (Wildman–Crippen MR) is 59.8 cm³/mol. The van der Waals surface area contributed by atoms with E-state index >= 15 is 0 Å². The van der Waals surface area contributed by atoms with E-state index in [1.54, 1.807) is 0 Å². The lowest BCUT2D eigenvalue weighted by molar-refractivity contribution is 0.165. The Morgan fingerprint density at radius 1 is 1.47 bits per heavy atom. The summed E-state index contributed by atoms with van der Waals surface area (Å²) in [6.45, 7) is 8.79. The average Bonchev–Trinajstić information content (AvgIpc) is 2.65. The summed E-state index contributed by atoms with van der Waals surface area (Å²) in [6, 6.07) is 0.632. The van der Waals surface area contributed by atoms with E-state index in [4.69, 9.17) is 0 Å². The first-order chi connectivity index (χ1) is 7.16. The summed E-state index contributed by atoms with van der Waals surface area (Å²) in [4.78, 5) is 6.95. The van der Waals surface area contributed by atoms with Gasteiger partial charge in [-0.05, 0) is 40.2 Å². The molecule has 0 saturated carbocycles. The van der Waals surface area contributed by atoms with E-state index in [1.807, 2.05) is 6.92 Å². The van der Waals surface area contributed by atoms with Crippen LogP contribution >= 0.6 is 0 Å². The van der Waals surface area contributed by atoms with E-state index in [9.17, 15) is 0 Å². The van der Waals surface area contributed by atoms with E-state index in [-0.39, 0.29) is 0 Å². The summed E-state index contributed by atoms with van der Waals surface area (Å²) in [7, 11) is 0. The fourth-order valence-electron chi connectivity index (χ4n) is 2.23. The molecule has 1 aliphatic heterocycles. The largest absolute Gasteiger partial charge is 0.300 e. The maximum Gasteiger partial charge on any atom is 0.155 e. The summed E-state index contributed by atoms with van der Waals surface area (Å²) >= 11 is 0. The molecule has 1 fully saturated rings. The molecule has 0 spiro atoms. The van der Waals surface area contributed by atoms with Crippen LogP contribution in [0.5, 0.6) is 0 Å². The second kappa shape index (κ2) is 4.31. The molecule has 2 rings (SSSR count). The molecular formula is C11H20N4. The van der Waals surface area contributed by atoms with Gasteiger partial charge in [0.05, 0.1) is 0 Å². The van der Waals surface area contributed by atoms with Crippen LogP contribution in [0.2, 0.25) is 0 Å². The Kier molecular flexibility index (Phi) is 3.05. The van der Waals surface area contributed by atoms with Crippen molar-refractivity contribution in [2.24, 2.45) is 0 Å². The number of hydrogen-bond acceptors (Lipinski definition) is 3. The Balaban J connectivity index is 2.04. The van der Waals surface area contributed by atoms with Gasteiger partial charge in [0, 0.05) is 18.5 Å². The lowest BCUT2D eigenvalue weighted by Crippen LogP contribution is -2.39. The third kappa shape index (κ3) is 2.37. The van der Waals surface area contributed by atoms with Crippen LogP contribution in [-0.4, -0.2) is 39.2 Å². The Morgan fingerprint density at radius 2 is 2.27 bits per heavy atom. The molecular weight excluding hydrogens is 188 g/mol. The predicted octanol–water partition coefficient (Wildman–Crippen LogP) is 1.70. The third-order valence-corrected chi connectivity index (χ3v) is 3.16. The van der Waals surface area contributed by atoms with Crippen LogP contribution < -0.4 is 0 Å². The number of aryl methyl sites for hydroxylation is 1. The van der Waals surface area contributed by atoms with E-state index in [0.29, 0.717) is 12.0 Å². The molecule has 1 atom stereocenters. The molecule has 15 heavy (non-hydrogen) atoms. The Hall–Kier alpha value is -0.900. The fourth-order valence-corrected chi connectivity index (χ4v) is 2.23. The van der Waals surface area contributed by atoms with Gasteiger partial charge in [-0.3, -0.25) is 5.10 Å². The summed E-state index contributed by atoms with van der Waals surface area (Å²) in [5.41, 5.74) is 0. The lowest BCUT2D eigenvalue weighted by atomic mass is 9.96. The van der Waals surface area contributed by atoms with Crippen LogP contribution in [0.3, 0.4) is 0 Å². The first kappa shape index (κ1) is 10.6. The molecule has 1 saturated heterocycles. The van der Waals surface area contributed by atoms with Gasteiger partial charge >= 0.3 is 0 Å². The molecule has 1 aromatic heterocycles. The number of piperidine rings is 1. The minimum absolute atomic E-state index is 0.520. The van der Waals surface area contributed by atoms with Gasteiger partial charge < -0.3 is 4.90 Å². The van der Waals surface area contributed by atoms with Crippen molar-refractivity contribution in [1.82, 2.24) is 20.1 Å². The lowest BCUT2D eigenvalue weighted by Gasteiger charge is -2.34. The van der Waals surface area contributed by atoms with Crippen molar-refractivity contribution in [3.05, 3.63) is 11.6 Å². The maximum absolute atomic E-state index is 4.43. The van der Waals surface area contributed by atoms with Crippen molar-refractivity contribution in [3.63, 3.8) is 0 Å². The van der Waals surface area contributed by atoms with E-state index < -0.39 is 0 Å². The first-order valence-corrected chi connectivity index (χ1v) is 5.79. The molecule has 1 unspecified atom stereocenters. The van der Waals surface area contributed by atoms with Crippen molar-refractivity contribution in [1.29, 1.82) is 0 Å². The standard InChI is InChI=1S/C11H20N4/c1-8(2)15-6-4-5-10(7-15)11-12-9(3)13-14-11/h8,10H,4-7H2,1-3H3,(H,12,13,14). The number of nitrogens with zero attached hydrogens (tertiary/aromatic N) is 3. The van der Waals surface area contributed by atoms with Gasteiger partial charge in [0.2, 0.25) is 0 Å². The van der Waals surface area contributed by atoms with Crippen LogP contribution in [0, 0.1) is 6.92 Å². The van der Waals surface area contributed by atoms with Crippen molar-refractivity contribution < 1.29 is 0 Å². The summed E-state index contributed by atoms with van der Waals surface area (Å²) in [6.07, 6.45) is 2.48. The van der Waals surface area contributed by atoms with Crippen LogP contribution in [-0.2, 0) is 0 Å². The second-order valence-corrected chi connectivity index (χ2v) is 4.71. The SMILES string of the molecule is Cc1nc(C2CCCN(C(C)C)C2)n[nH]1. The quantitative estimate of drug-likeness (QED) is 0.804. The minimum atomic E-state index is 0.520. The molecule has 0 amide bonds. The minimum Gasteiger partial charge on any atom is -0.300 e. The van der Waals surface area contributed by atoms with Gasteiger partial charge in [0.15, 0.2) is 5.82 Å². The molecule has 0 aliphatic carbocycles. The van der Waals surface area contributed by atoms with Crippen molar-refractivity contribution in [3.8, 4) is 0 Å². The number of aromatic nitrogens is 3. The van der Waals surface area contributed by atoms with Crippen LogP contribution in [0.4, 0.5) is 0 Å². The average molecular weight is 208 g/mol. The van der Waals surface area contributed by atoms with Crippen molar-refractivity contribution in [2.75, 3.05) is 13.1 Å². The highest BCUT2D eigenvalue weighted by Gasteiger charge is 2.25. The Labute approximate surface area is 91.1 Å². The summed E-state index contributed by atoms with van der Waals surface area (Å²) < 4.78 is 0. The van der Waals surface area contributed by atoms with Crippen molar-refractivity contribution in [2.45, 2.75) is 45.6 Å². The molecule has 1 aromatic rings. The number of rotatable bonds is 2. The smallest absolute Gasteiger partial charge is 0.155 e. The summed E-state index contributed by atoms with van der Waals surface area (Å²) in [5.74, 6) is 2.44. The fraction of sp³-hybridized carbons (Fsp3) is 0.818. The first-order valence-electron chi connectivity index (χ1n) is 5.79. The Bertz CT molecular complexity index is 318. The van der Waals surface area contributed by atoms with Crippen molar-refractivity contribution >= 4 is 0 Å². The zero-order valence-corrected chi connectivity index (χ0v) is 9.82. The number of aromatic amines is 1. The van der Waals surface area contributed by atoms with Crippen LogP contribution in [0.25, 0.3) is 0 Å². The van der Waals surface area contributed by atoms with Crippen LogP contribution in [0.1, 0.15) is 44.3 Å². The number of hydrogen-bond donors (Lipinski definition) is 1. The maximum atomic E-state index is 4.43. The summed E-state index contributed by atoms with van der Waals surface area (Å²) in [5, 5.41) is 7.20. The van der Waals surface area contributed by atoms with Gasteiger partial charge in [-0.1, -0.05) is 0 Å². The second-order valence-electron chi connectivity index (χ2n) is 4.71. The molecule has 4 nitrogen and oxygen atoms in total. The number of likely N-dealkylation sites (tertiary alicyclic amines) is 1. The van der Waals surface area contributed by atoms with Gasteiger partial charge in [0.25, 0.3) is 0 Å². The van der Waals surface area contributed by atoms with Gasteiger partial charge in [-0.25, -0.2) is 4.98 Å². The van der Waals surface area contributed by atoms with Gasteiger partial charge in [-0.15, -0.1) is 0 Å². The van der Waals surface area contributed by atoms with E-state index in [2.05, 4.69) is 33.9 Å². The molecule has 0 radical (unpaired) electrons. The Morgan fingerprint density at radius 3 is 2.87 bits per heavy atom. The highest BCUT2D eigenvalue weighted by molar-refractivity contribution is 5.00. The van der Waals surface area contributed by atoms with E-state index in [0.717, 1.165) is 18.2 Å². The zero-order valence-electron chi connectivity index (χ0n) is 9.82. The molecule has 4 heteroatoms. The molecule has 0 aromatic carbocycles. The third-order valence-electron chi connectivity index (χ3n) is 3.16. The molecule has 84 valence electrons.